The number of carbonyl (C=O) groups excluding carboxylic acids is 1. The molecule has 0 aliphatic carbocycles. The standard InChI is InChI=1S/C16H11ClO/c1-10(18)16-14-7-6-11-4-2-3-5-12(11)13(14)8-9-15(16)17/h2-9H,1H3. The maximum Gasteiger partial charge on any atom is 0.161 e. The fraction of sp³-hybridized carbons (Fsp3) is 0.0625. The summed E-state index contributed by atoms with van der Waals surface area (Å²) in [6.45, 7) is 1.55. The number of Topliss-reactive ketones (excluding diaryl/α,β-unsaturated/α-hetero) is 1. The molecule has 0 radical (unpaired) electrons. The van der Waals surface area contributed by atoms with E-state index >= 15 is 0 Å². The van der Waals surface area contributed by atoms with E-state index in [1.165, 1.54) is 5.39 Å². The average molecular weight is 255 g/mol. The van der Waals surface area contributed by atoms with Crippen LogP contribution in [0.1, 0.15) is 17.3 Å². The van der Waals surface area contributed by atoms with E-state index in [1.54, 1.807) is 13.0 Å². The van der Waals surface area contributed by atoms with Gasteiger partial charge in [-0.2, -0.15) is 0 Å². The third kappa shape index (κ3) is 1.59. The van der Waals surface area contributed by atoms with Crippen LogP contribution in [0.2, 0.25) is 5.02 Å². The SMILES string of the molecule is CC(=O)c1c(Cl)ccc2c1ccc1ccccc12. The van der Waals surface area contributed by atoms with E-state index in [2.05, 4.69) is 12.1 Å². The zero-order valence-corrected chi connectivity index (χ0v) is 10.7. The molecule has 0 atom stereocenters. The maximum absolute atomic E-state index is 11.7. The van der Waals surface area contributed by atoms with Crippen molar-refractivity contribution in [1.29, 1.82) is 0 Å². The lowest BCUT2D eigenvalue weighted by Crippen LogP contribution is -1.95. The lowest BCUT2D eigenvalue weighted by atomic mass is 9.97. The van der Waals surface area contributed by atoms with Gasteiger partial charge in [0, 0.05) is 5.56 Å². The van der Waals surface area contributed by atoms with Crippen LogP contribution in [0, 0.1) is 0 Å². The van der Waals surface area contributed by atoms with Gasteiger partial charge in [-0.05, 0) is 34.5 Å². The van der Waals surface area contributed by atoms with Crippen LogP contribution in [0.5, 0.6) is 0 Å². The molecule has 2 heteroatoms. The summed E-state index contributed by atoms with van der Waals surface area (Å²) in [7, 11) is 0. The summed E-state index contributed by atoms with van der Waals surface area (Å²) in [5.74, 6) is 0.000816. The molecule has 0 heterocycles. The van der Waals surface area contributed by atoms with Gasteiger partial charge < -0.3 is 0 Å². The van der Waals surface area contributed by atoms with E-state index in [1.807, 2.05) is 30.3 Å². The van der Waals surface area contributed by atoms with Crippen molar-refractivity contribution in [3.05, 3.63) is 59.1 Å². The summed E-state index contributed by atoms with van der Waals surface area (Å²) >= 11 is 6.13. The molecule has 3 aromatic rings. The van der Waals surface area contributed by atoms with Crippen molar-refractivity contribution in [2.24, 2.45) is 0 Å². The Balaban J connectivity index is 2.55. The first-order valence-corrected chi connectivity index (χ1v) is 6.17. The van der Waals surface area contributed by atoms with Crippen LogP contribution < -0.4 is 0 Å². The molecule has 0 aromatic heterocycles. The smallest absolute Gasteiger partial charge is 0.161 e. The lowest BCUT2D eigenvalue weighted by Gasteiger charge is -2.08. The number of hydrogen-bond acceptors (Lipinski definition) is 1. The number of benzene rings is 3. The van der Waals surface area contributed by atoms with Crippen molar-refractivity contribution in [2.75, 3.05) is 0 Å². The van der Waals surface area contributed by atoms with E-state index in [-0.39, 0.29) is 5.78 Å². The number of carbonyl (C=O) groups is 1. The second-order valence-electron chi connectivity index (χ2n) is 4.36. The first-order valence-electron chi connectivity index (χ1n) is 5.79. The second-order valence-corrected chi connectivity index (χ2v) is 4.77. The number of halogens is 1. The highest BCUT2D eigenvalue weighted by molar-refractivity contribution is 6.36. The van der Waals surface area contributed by atoms with Crippen LogP contribution in [0.4, 0.5) is 0 Å². The van der Waals surface area contributed by atoms with Crippen LogP contribution in [0.25, 0.3) is 21.5 Å². The first kappa shape index (κ1) is 11.2. The summed E-state index contributed by atoms with van der Waals surface area (Å²) in [5.41, 5.74) is 0.611. The molecule has 0 N–H and O–H groups in total. The molecule has 3 rings (SSSR count). The second kappa shape index (κ2) is 4.11. The minimum Gasteiger partial charge on any atom is -0.294 e. The van der Waals surface area contributed by atoms with Gasteiger partial charge in [0.15, 0.2) is 5.78 Å². The Morgan fingerprint density at radius 3 is 2.39 bits per heavy atom. The van der Waals surface area contributed by atoms with E-state index in [0.717, 1.165) is 16.2 Å². The number of hydrogen-bond donors (Lipinski definition) is 0. The summed E-state index contributed by atoms with van der Waals surface area (Å²) in [6.07, 6.45) is 0. The van der Waals surface area contributed by atoms with Gasteiger partial charge in [0.2, 0.25) is 0 Å². The molecule has 0 amide bonds. The number of ketones is 1. The molecule has 0 unspecified atom stereocenters. The Labute approximate surface area is 110 Å². The zero-order chi connectivity index (χ0) is 12.7. The normalized spacial score (nSPS) is 11.0. The highest BCUT2D eigenvalue weighted by Gasteiger charge is 2.11. The minimum absolute atomic E-state index is 0.000816. The van der Waals surface area contributed by atoms with Gasteiger partial charge in [0.05, 0.1) is 5.02 Å². The summed E-state index contributed by atoms with van der Waals surface area (Å²) in [6, 6.07) is 15.9. The molecule has 0 bridgehead atoms. The molecule has 0 fully saturated rings. The van der Waals surface area contributed by atoms with E-state index in [0.29, 0.717) is 10.6 Å². The fourth-order valence-corrected chi connectivity index (χ4v) is 2.72. The predicted octanol–water partition coefficient (Wildman–Crippen LogP) is 4.85. The minimum atomic E-state index is 0.000816. The van der Waals surface area contributed by atoms with Crippen molar-refractivity contribution in [3.8, 4) is 0 Å². The van der Waals surface area contributed by atoms with E-state index in [4.69, 9.17) is 11.6 Å². The Hall–Kier alpha value is -1.86. The van der Waals surface area contributed by atoms with Crippen molar-refractivity contribution in [1.82, 2.24) is 0 Å². The average Bonchev–Trinajstić information content (AvgIpc) is 2.37. The Morgan fingerprint density at radius 2 is 1.61 bits per heavy atom. The third-order valence-electron chi connectivity index (χ3n) is 3.23. The van der Waals surface area contributed by atoms with Crippen LogP contribution in [-0.4, -0.2) is 5.78 Å². The summed E-state index contributed by atoms with van der Waals surface area (Å²) < 4.78 is 0. The first-order chi connectivity index (χ1) is 8.68. The van der Waals surface area contributed by atoms with Gasteiger partial charge in [-0.3, -0.25) is 4.79 Å². The molecule has 0 saturated heterocycles. The highest BCUT2D eigenvalue weighted by atomic mass is 35.5. The predicted molar refractivity (Wildman–Crippen MR) is 76.5 cm³/mol. The Morgan fingerprint density at radius 1 is 0.889 bits per heavy atom. The molecule has 88 valence electrons. The summed E-state index contributed by atoms with van der Waals surface area (Å²) in [4.78, 5) is 11.7. The third-order valence-corrected chi connectivity index (χ3v) is 3.54. The largest absolute Gasteiger partial charge is 0.294 e. The van der Waals surface area contributed by atoms with Crippen LogP contribution in [0.15, 0.2) is 48.5 Å². The molecular weight excluding hydrogens is 244 g/mol. The monoisotopic (exact) mass is 254 g/mol. The van der Waals surface area contributed by atoms with Crippen LogP contribution >= 0.6 is 11.6 Å². The molecule has 18 heavy (non-hydrogen) atoms. The zero-order valence-electron chi connectivity index (χ0n) is 9.91. The Kier molecular flexibility index (Phi) is 2.57. The van der Waals surface area contributed by atoms with Gasteiger partial charge in [0.25, 0.3) is 0 Å². The molecule has 0 saturated carbocycles. The highest BCUT2D eigenvalue weighted by Crippen LogP contribution is 2.31. The van der Waals surface area contributed by atoms with E-state index < -0.39 is 0 Å². The fourth-order valence-electron chi connectivity index (χ4n) is 2.42. The number of fused-ring (bicyclic) bond motifs is 3. The van der Waals surface area contributed by atoms with Crippen LogP contribution in [-0.2, 0) is 0 Å². The van der Waals surface area contributed by atoms with Gasteiger partial charge in [0.1, 0.15) is 0 Å². The maximum atomic E-state index is 11.7. The van der Waals surface area contributed by atoms with Crippen molar-refractivity contribution >= 4 is 38.9 Å². The van der Waals surface area contributed by atoms with E-state index in [9.17, 15) is 4.79 Å². The molecule has 0 spiro atoms. The van der Waals surface area contributed by atoms with Crippen molar-refractivity contribution in [2.45, 2.75) is 6.92 Å². The number of rotatable bonds is 1. The topological polar surface area (TPSA) is 17.1 Å². The summed E-state index contributed by atoms with van der Waals surface area (Å²) in [5, 5.41) is 4.83. The van der Waals surface area contributed by atoms with Gasteiger partial charge in [-0.1, -0.05) is 54.1 Å². The van der Waals surface area contributed by atoms with Crippen molar-refractivity contribution in [3.63, 3.8) is 0 Å². The van der Waals surface area contributed by atoms with Gasteiger partial charge >= 0.3 is 0 Å². The molecule has 0 aliphatic heterocycles. The Bertz CT molecular complexity index is 774. The van der Waals surface area contributed by atoms with Crippen molar-refractivity contribution < 1.29 is 4.79 Å². The lowest BCUT2D eigenvalue weighted by molar-refractivity contribution is 0.101. The quantitative estimate of drug-likeness (QED) is 0.448. The molecule has 0 aliphatic rings. The van der Waals surface area contributed by atoms with Gasteiger partial charge in [-0.15, -0.1) is 0 Å². The molecular formula is C16H11ClO. The van der Waals surface area contributed by atoms with Gasteiger partial charge in [-0.25, -0.2) is 0 Å². The molecule has 1 nitrogen and oxygen atoms in total. The van der Waals surface area contributed by atoms with Crippen LogP contribution in [0.3, 0.4) is 0 Å². The molecule has 3 aromatic carbocycles.